The lowest BCUT2D eigenvalue weighted by molar-refractivity contribution is 0.589. The topological polar surface area (TPSA) is 12.0 Å². The molecule has 0 atom stereocenters. The summed E-state index contributed by atoms with van der Waals surface area (Å²) in [5.74, 6) is 1.15. The second-order valence-electron chi connectivity index (χ2n) is 4.50. The summed E-state index contributed by atoms with van der Waals surface area (Å²) in [6.07, 6.45) is 2.48. The van der Waals surface area contributed by atoms with Crippen LogP contribution < -0.4 is 5.32 Å². The van der Waals surface area contributed by atoms with Crippen LogP contribution in [0.15, 0.2) is 23.1 Å². The Morgan fingerprint density at radius 2 is 2.12 bits per heavy atom. The molecule has 0 unspecified atom stereocenters. The van der Waals surface area contributed by atoms with E-state index >= 15 is 0 Å². The Balaban J connectivity index is 2.53. The Kier molecular flexibility index (Phi) is 7.02. The summed E-state index contributed by atoms with van der Waals surface area (Å²) in [5.41, 5.74) is 1.25. The molecule has 0 amide bonds. The van der Waals surface area contributed by atoms with Gasteiger partial charge in [0.05, 0.1) is 5.02 Å². The van der Waals surface area contributed by atoms with E-state index in [2.05, 4.69) is 44.3 Å². The minimum Gasteiger partial charge on any atom is -0.310 e. The van der Waals surface area contributed by atoms with Crippen LogP contribution in [0.25, 0.3) is 0 Å². The van der Waals surface area contributed by atoms with Crippen LogP contribution in [-0.4, -0.2) is 11.8 Å². The van der Waals surface area contributed by atoms with Gasteiger partial charge in [0.15, 0.2) is 0 Å². The summed E-state index contributed by atoms with van der Waals surface area (Å²) in [5, 5.41) is 4.28. The molecule has 0 radical (unpaired) electrons. The average Bonchev–Trinajstić information content (AvgIpc) is 2.29. The van der Waals surface area contributed by atoms with Crippen molar-refractivity contribution < 1.29 is 0 Å². The molecule has 0 saturated heterocycles. The second kappa shape index (κ2) is 8.02. The fourth-order valence-corrected chi connectivity index (χ4v) is 2.80. The largest absolute Gasteiger partial charge is 0.310 e. The summed E-state index contributed by atoms with van der Waals surface area (Å²) < 4.78 is 0. The molecule has 0 aliphatic carbocycles. The van der Waals surface area contributed by atoms with Crippen molar-refractivity contribution in [1.82, 2.24) is 5.32 Å². The van der Waals surface area contributed by atoms with Crippen LogP contribution in [0.1, 0.15) is 39.2 Å². The summed E-state index contributed by atoms with van der Waals surface area (Å²) in [6, 6.07) is 6.88. The summed E-state index contributed by atoms with van der Waals surface area (Å²) in [6.45, 7) is 7.40. The van der Waals surface area contributed by atoms with Gasteiger partial charge < -0.3 is 5.32 Å². The number of nitrogens with one attached hydrogen (secondary N) is 1. The molecule has 0 heterocycles. The Bertz CT molecular complexity index is 339. The number of hydrogen-bond donors (Lipinski definition) is 1. The minimum absolute atomic E-state index is 0.507. The van der Waals surface area contributed by atoms with Crippen molar-refractivity contribution in [1.29, 1.82) is 0 Å². The van der Waals surface area contributed by atoms with E-state index in [1.54, 1.807) is 0 Å². The summed E-state index contributed by atoms with van der Waals surface area (Å²) in [7, 11) is 0. The minimum atomic E-state index is 0.507. The van der Waals surface area contributed by atoms with E-state index in [9.17, 15) is 0 Å². The molecular weight excluding hydrogens is 250 g/mol. The molecule has 0 aromatic heterocycles. The predicted octanol–water partition coefficient (Wildman–Crippen LogP) is 4.73. The van der Waals surface area contributed by atoms with Crippen molar-refractivity contribution in [2.75, 3.05) is 5.75 Å². The van der Waals surface area contributed by atoms with E-state index in [4.69, 9.17) is 11.6 Å². The van der Waals surface area contributed by atoms with Crippen LogP contribution in [0.4, 0.5) is 0 Å². The summed E-state index contributed by atoms with van der Waals surface area (Å²) >= 11 is 8.13. The first-order valence-corrected chi connectivity index (χ1v) is 7.64. The molecule has 3 heteroatoms. The maximum Gasteiger partial charge on any atom is 0.0545 e. The van der Waals surface area contributed by atoms with E-state index in [0.717, 1.165) is 17.3 Å². The highest BCUT2D eigenvalue weighted by molar-refractivity contribution is 7.99. The molecule has 1 nitrogen and oxygen atoms in total. The monoisotopic (exact) mass is 271 g/mol. The number of halogens is 1. The van der Waals surface area contributed by atoms with Gasteiger partial charge in [0, 0.05) is 17.5 Å². The van der Waals surface area contributed by atoms with Gasteiger partial charge in [-0.2, -0.15) is 0 Å². The fourth-order valence-electron chi connectivity index (χ4n) is 1.42. The lowest BCUT2D eigenvalue weighted by Gasteiger charge is -2.10. The number of rotatable bonds is 7. The first-order chi connectivity index (χ1) is 8.13. The van der Waals surface area contributed by atoms with Gasteiger partial charge >= 0.3 is 0 Å². The molecule has 1 rings (SSSR count). The van der Waals surface area contributed by atoms with Crippen molar-refractivity contribution in [3.05, 3.63) is 28.8 Å². The molecule has 1 N–H and O–H groups in total. The van der Waals surface area contributed by atoms with E-state index in [1.165, 1.54) is 23.3 Å². The van der Waals surface area contributed by atoms with Crippen LogP contribution in [-0.2, 0) is 6.54 Å². The molecule has 0 aliphatic rings. The van der Waals surface area contributed by atoms with Crippen molar-refractivity contribution in [3.8, 4) is 0 Å². The molecule has 0 saturated carbocycles. The fraction of sp³-hybridized carbons (Fsp3) is 0.571. The molecule has 0 aliphatic heterocycles. The first-order valence-electron chi connectivity index (χ1n) is 6.28. The quantitative estimate of drug-likeness (QED) is 0.568. The lowest BCUT2D eigenvalue weighted by Crippen LogP contribution is -2.21. The number of thioether (sulfide) groups is 1. The standard InChI is InChI=1S/C14H22ClNS/c1-4-5-8-17-14-7-6-12(9-13(14)15)10-16-11(2)3/h6-7,9,11,16H,4-5,8,10H2,1-3H3. The van der Waals surface area contributed by atoms with E-state index in [1.807, 2.05) is 11.8 Å². The number of unbranched alkanes of at least 4 members (excludes halogenated alkanes) is 1. The van der Waals surface area contributed by atoms with Crippen molar-refractivity contribution >= 4 is 23.4 Å². The average molecular weight is 272 g/mol. The zero-order chi connectivity index (χ0) is 12.7. The molecule has 17 heavy (non-hydrogen) atoms. The van der Waals surface area contributed by atoms with Gasteiger partial charge in [-0.1, -0.05) is 44.9 Å². The van der Waals surface area contributed by atoms with Gasteiger partial charge in [-0.25, -0.2) is 0 Å². The molecule has 0 fully saturated rings. The van der Waals surface area contributed by atoms with E-state index in [-0.39, 0.29) is 0 Å². The number of hydrogen-bond acceptors (Lipinski definition) is 2. The predicted molar refractivity (Wildman–Crippen MR) is 79.1 cm³/mol. The second-order valence-corrected chi connectivity index (χ2v) is 6.05. The van der Waals surface area contributed by atoms with Crippen LogP contribution in [0.3, 0.4) is 0 Å². The SMILES string of the molecule is CCCCSc1ccc(CNC(C)C)cc1Cl. The van der Waals surface area contributed by atoms with Crippen molar-refractivity contribution in [2.24, 2.45) is 0 Å². The lowest BCUT2D eigenvalue weighted by atomic mass is 10.2. The van der Waals surface area contributed by atoms with Gasteiger partial charge in [0.1, 0.15) is 0 Å². The van der Waals surface area contributed by atoms with Crippen molar-refractivity contribution in [2.45, 2.75) is 51.1 Å². The molecule has 96 valence electrons. The molecule has 0 spiro atoms. The highest BCUT2D eigenvalue weighted by atomic mass is 35.5. The van der Waals surface area contributed by atoms with Gasteiger partial charge in [0.25, 0.3) is 0 Å². The number of benzene rings is 1. The Labute approximate surface area is 114 Å². The third-order valence-corrected chi connectivity index (χ3v) is 4.05. The smallest absolute Gasteiger partial charge is 0.0545 e. The third kappa shape index (κ3) is 5.80. The normalized spacial score (nSPS) is 11.1. The zero-order valence-corrected chi connectivity index (χ0v) is 12.5. The van der Waals surface area contributed by atoms with Crippen molar-refractivity contribution in [3.63, 3.8) is 0 Å². The first kappa shape index (κ1) is 14.9. The van der Waals surface area contributed by atoms with Crippen LogP contribution in [0, 0.1) is 0 Å². The zero-order valence-electron chi connectivity index (χ0n) is 10.9. The van der Waals surface area contributed by atoms with E-state index in [0.29, 0.717) is 6.04 Å². The van der Waals surface area contributed by atoms with Crippen LogP contribution in [0.5, 0.6) is 0 Å². The maximum absolute atomic E-state index is 6.28. The Morgan fingerprint density at radius 3 is 2.71 bits per heavy atom. The van der Waals surface area contributed by atoms with E-state index < -0.39 is 0 Å². The molecular formula is C14H22ClNS. The third-order valence-electron chi connectivity index (χ3n) is 2.47. The highest BCUT2D eigenvalue weighted by Gasteiger charge is 2.03. The van der Waals surface area contributed by atoms with Gasteiger partial charge in [0.2, 0.25) is 0 Å². The van der Waals surface area contributed by atoms with Gasteiger partial charge in [-0.05, 0) is 29.9 Å². The maximum atomic E-state index is 6.28. The Morgan fingerprint density at radius 1 is 1.35 bits per heavy atom. The van der Waals surface area contributed by atoms with Gasteiger partial charge in [-0.3, -0.25) is 0 Å². The molecule has 1 aromatic carbocycles. The highest BCUT2D eigenvalue weighted by Crippen LogP contribution is 2.28. The molecule has 0 bridgehead atoms. The van der Waals surface area contributed by atoms with Crippen LogP contribution in [0.2, 0.25) is 5.02 Å². The Hall–Kier alpha value is -0.180. The summed E-state index contributed by atoms with van der Waals surface area (Å²) in [4.78, 5) is 1.20. The molecule has 1 aromatic rings. The van der Waals surface area contributed by atoms with Crippen LogP contribution >= 0.6 is 23.4 Å². The van der Waals surface area contributed by atoms with Gasteiger partial charge in [-0.15, -0.1) is 11.8 Å².